The highest BCUT2D eigenvalue weighted by molar-refractivity contribution is 6.05. The van der Waals surface area contributed by atoms with Crippen molar-refractivity contribution in [3.63, 3.8) is 0 Å². The smallest absolute Gasteiger partial charge is 0.329 e. The predicted molar refractivity (Wildman–Crippen MR) is 101 cm³/mol. The minimum atomic E-state index is -0.613. The number of aromatic amines is 1. The number of nitrogens with one attached hydrogen (secondary N) is 2. The van der Waals surface area contributed by atoms with E-state index in [9.17, 15) is 14.4 Å². The van der Waals surface area contributed by atoms with Crippen molar-refractivity contribution < 1.29 is 4.79 Å². The van der Waals surface area contributed by atoms with Crippen LogP contribution in [-0.2, 0) is 13.6 Å². The topological polar surface area (TPSA) is 115 Å². The zero-order valence-electron chi connectivity index (χ0n) is 15.5. The molecule has 0 saturated carbocycles. The molecule has 3 heterocycles. The third-order valence-corrected chi connectivity index (χ3v) is 4.33. The molecule has 0 radical (unpaired) electrons. The number of rotatable bonds is 6. The second kappa shape index (κ2) is 7.56. The van der Waals surface area contributed by atoms with E-state index in [1.54, 1.807) is 16.9 Å². The molecule has 27 heavy (non-hydrogen) atoms. The number of nitrogens with zero attached hydrogens (tertiary/aromatic N) is 4. The molecule has 0 spiro atoms. The Kier molecular flexibility index (Phi) is 5.20. The molecule has 0 fully saturated rings. The van der Waals surface area contributed by atoms with Crippen LogP contribution in [0.2, 0.25) is 0 Å². The van der Waals surface area contributed by atoms with Gasteiger partial charge in [0.1, 0.15) is 5.65 Å². The molecule has 3 rings (SSSR count). The maximum absolute atomic E-state index is 12.7. The summed E-state index contributed by atoms with van der Waals surface area (Å²) in [4.78, 5) is 43.6. The number of hydrogen-bond donors (Lipinski definition) is 2. The van der Waals surface area contributed by atoms with Crippen LogP contribution in [0.4, 0.5) is 0 Å². The van der Waals surface area contributed by atoms with Gasteiger partial charge in [0.2, 0.25) is 0 Å². The van der Waals surface area contributed by atoms with E-state index in [2.05, 4.69) is 20.4 Å². The number of carbonyl (C=O) groups is 1. The standard InChI is InChI=1S/C18H22N6O3/c1-11(2)13-10-12(14-15(21-13)23(3)18(27)22-17(14)26)16(25)19-6-4-8-24-9-5-7-20-24/h5,7,9-11H,4,6,8H2,1-3H3,(H,19,25)(H,22,26,27). The third-order valence-electron chi connectivity index (χ3n) is 4.33. The van der Waals surface area contributed by atoms with Crippen LogP contribution in [0, 0.1) is 0 Å². The molecule has 2 N–H and O–H groups in total. The highest BCUT2D eigenvalue weighted by atomic mass is 16.2. The van der Waals surface area contributed by atoms with Crippen LogP contribution < -0.4 is 16.6 Å². The van der Waals surface area contributed by atoms with Gasteiger partial charge in [0, 0.05) is 38.2 Å². The third kappa shape index (κ3) is 3.81. The van der Waals surface area contributed by atoms with Crippen molar-refractivity contribution in [3.05, 3.63) is 56.6 Å². The molecule has 9 nitrogen and oxygen atoms in total. The second-order valence-corrected chi connectivity index (χ2v) is 6.64. The summed E-state index contributed by atoms with van der Waals surface area (Å²) in [6.07, 6.45) is 4.25. The number of aromatic nitrogens is 5. The van der Waals surface area contributed by atoms with E-state index >= 15 is 0 Å². The summed E-state index contributed by atoms with van der Waals surface area (Å²) >= 11 is 0. The highest BCUT2D eigenvalue weighted by Crippen LogP contribution is 2.19. The SMILES string of the molecule is CC(C)c1cc(C(=O)NCCCn2cccn2)c2c(=O)[nH]c(=O)n(C)c2n1. The summed E-state index contributed by atoms with van der Waals surface area (Å²) < 4.78 is 3.03. The van der Waals surface area contributed by atoms with Gasteiger partial charge >= 0.3 is 5.69 Å². The molecule has 0 unspecified atom stereocenters. The van der Waals surface area contributed by atoms with Gasteiger partial charge in [-0.25, -0.2) is 9.78 Å². The maximum atomic E-state index is 12.7. The molecule has 142 valence electrons. The fourth-order valence-electron chi connectivity index (χ4n) is 2.80. The van der Waals surface area contributed by atoms with Gasteiger partial charge in [0.05, 0.1) is 10.9 Å². The van der Waals surface area contributed by atoms with Crippen molar-refractivity contribution >= 4 is 16.9 Å². The van der Waals surface area contributed by atoms with Crippen LogP contribution in [0.1, 0.15) is 42.2 Å². The molecule has 9 heteroatoms. The first-order chi connectivity index (χ1) is 12.9. The van der Waals surface area contributed by atoms with E-state index < -0.39 is 11.2 Å². The van der Waals surface area contributed by atoms with Crippen LogP contribution in [0.3, 0.4) is 0 Å². The van der Waals surface area contributed by atoms with Gasteiger partial charge in [-0.05, 0) is 24.5 Å². The normalized spacial score (nSPS) is 11.3. The highest BCUT2D eigenvalue weighted by Gasteiger charge is 2.19. The van der Waals surface area contributed by atoms with Gasteiger partial charge < -0.3 is 5.32 Å². The van der Waals surface area contributed by atoms with E-state index in [0.717, 1.165) is 0 Å². The van der Waals surface area contributed by atoms with Crippen LogP contribution in [-0.4, -0.2) is 36.8 Å². The number of fused-ring (bicyclic) bond motifs is 1. The summed E-state index contributed by atoms with van der Waals surface area (Å²) in [6, 6.07) is 3.46. The molecule has 0 saturated heterocycles. The van der Waals surface area contributed by atoms with Crippen molar-refractivity contribution in [2.45, 2.75) is 32.7 Å². The Morgan fingerprint density at radius 1 is 1.33 bits per heavy atom. The van der Waals surface area contributed by atoms with Crippen LogP contribution in [0.15, 0.2) is 34.1 Å². The van der Waals surface area contributed by atoms with Gasteiger partial charge in [-0.15, -0.1) is 0 Å². The van der Waals surface area contributed by atoms with Crippen LogP contribution >= 0.6 is 0 Å². The largest absolute Gasteiger partial charge is 0.352 e. The molecule has 0 aliphatic rings. The van der Waals surface area contributed by atoms with E-state index in [1.807, 2.05) is 26.1 Å². The number of amides is 1. The molecule has 1 amide bonds. The molecular formula is C18H22N6O3. The van der Waals surface area contributed by atoms with Crippen LogP contribution in [0.25, 0.3) is 11.0 Å². The van der Waals surface area contributed by atoms with Crippen molar-refractivity contribution in [3.8, 4) is 0 Å². The van der Waals surface area contributed by atoms with Gasteiger partial charge in [0.25, 0.3) is 11.5 Å². The summed E-state index contributed by atoms with van der Waals surface area (Å²) in [7, 11) is 1.52. The lowest BCUT2D eigenvalue weighted by atomic mass is 10.0. The number of H-pyrrole nitrogens is 1. The van der Waals surface area contributed by atoms with Gasteiger partial charge in [-0.2, -0.15) is 5.10 Å². The maximum Gasteiger partial charge on any atom is 0.329 e. The molecule has 0 aromatic carbocycles. The average molecular weight is 370 g/mol. The van der Waals surface area contributed by atoms with E-state index in [4.69, 9.17) is 0 Å². The monoisotopic (exact) mass is 370 g/mol. The second-order valence-electron chi connectivity index (χ2n) is 6.64. The van der Waals surface area contributed by atoms with Crippen molar-refractivity contribution in [1.82, 2.24) is 29.6 Å². The van der Waals surface area contributed by atoms with E-state index in [-0.39, 0.29) is 28.4 Å². The Balaban J connectivity index is 1.91. The Morgan fingerprint density at radius 2 is 2.11 bits per heavy atom. The first-order valence-corrected chi connectivity index (χ1v) is 8.78. The molecule has 0 atom stereocenters. The minimum Gasteiger partial charge on any atom is -0.352 e. The summed E-state index contributed by atoms with van der Waals surface area (Å²) in [5, 5.41) is 7.06. The van der Waals surface area contributed by atoms with Gasteiger partial charge in [-0.1, -0.05) is 13.8 Å². The lowest BCUT2D eigenvalue weighted by molar-refractivity contribution is 0.0954. The zero-order chi connectivity index (χ0) is 19.6. The first-order valence-electron chi connectivity index (χ1n) is 8.78. The lowest BCUT2D eigenvalue weighted by Gasteiger charge is -2.13. The molecule has 3 aromatic heterocycles. The number of aryl methyl sites for hydroxylation is 2. The number of pyridine rings is 1. The average Bonchev–Trinajstić information content (AvgIpc) is 3.15. The lowest BCUT2D eigenvalue weighted by Crippen LogP contribution is -2.32. The number of hydrogen-bond acceptors (Lipinski definition) is 5. The molecule has 3 aromatic rings. The Labute approximate surface area is 155 Å². The molecular weight excluding hydrogens is 348 g/mol. The fraction of sp³-hybridized carbons (Fsp3) is 0.389. The first kappa shape index (κ1) is 18.6. The minimum absolute atomic E-state index is 0.0372. The summed E-state index contributed by atoms with van der Waals surface area (Å²) in [5.74, 6) is -0.330. The van der Waals surface area contributed by atoms with E-state index in [1.165, 1.54) is 11.6 Å². The molecule has 0 aliphatic carbocycles. The number of carbonyl (C=O) groups excluding carboxylic acids is 1. The quantitative estimate of drug-likeness (QED) is 0.622. The van der Waals surface area contributed by atoms with Gasteiger partial charge in [-0.3, -0.25) is 23.8 Å². The van der Waals surface area contributed by atoms with Crippen LogP contribution in [0.5, 0.6) is 0 Å². The van der Waals surface area contributed by atoms with Crippen molar-refractivity contribution in [2.75, 3.05) is 6.54 Å². The summed E-state index contributed by atoms with van der Waals surface area (Å²) in [6.45, 7) is 4.98. The van der Waals surface area contributed by atoms with Crippen molar-refractivity contribution in [2.24, 2.45) is 7.05 Å². The molecule has 0 bridgehead atoms. The Morgan fingerprint density at radius 3 is 2.78 bits per heavy atom. The Hall–Kier alpha value is -3.23. The predicted octanol–water partition coefficient (Wildman–Crippen LogP) is 0.762. The fourth-order valence-corrected chi connectivity index (χ4v) is 2.80. The van der Waals surface area contributed by atoms with Crippen molar-refractivity contribution in [1.29, 1.82) is 0 Å². The van der Waals surface area contributed by atoms with E-state index in [0.29, 0.717) is 25.2 Å². The Bertz CT molecular complexity index is 1080. The summed E-state index contributed by atoms with van der Waals surface area (Å²) in [5.41, 5.74) is -0.106. The van der Waals surface area contributed by atoms with Gasteiger partial charge in [0.15, 0.2) is 0 Å². The molecule has 0 aliphatic heterocycles. The zero-order valence-corrected chi connectivity index (χ0v) is 15.5.